The summed E-state index contributed by atoms with van der Waals surface area (Å²) in [6.07, 6.45) is 4.27. The van der Waals surface area contributed by atoms with Crippen LogP contribution in [0.1, 0.15) is 29.8 Å². The van der Waals surface area contributed by atoms with Crippen molar-refractivity contribution in [1.82, 2.24) is 25.0 Å². The molecule has 2 aromatic carbocycles. The molecule has 2 N–H and O–H groups in total. The molecule has 0 spiro atoms. The lowest BCUT2D eigenvalue weighted by Gasteiger charge is -2.37. The lowest BCUT2D eigenvalue weighted by Crippen LogP contribution is -2.49. The van der Waals surface area contributed by atoms with Crippen molar-refractivity contribution in [3.05, 3.63) is 100 Å². The summed E-state index contributed by atoms with van der Waals surface area (Å²) < 4.78 is 48.2. The first-order valence-corrected chi connectivity index (χ1v) is 12.7. The SMILES string of the molecule is CC1(n2cc([C@@H](Nc3cc(Cl)cc4c(Nc5cnc(F)c(F)c5)c(C#N)cnc34)c3ccc(F)cc3)nn2)COC1. The van der Waals surface area contributed by atoms with Crippen LogP contribution in [0.5, 0.6) is 0 Å². The van der Waals surface area contributed by atoms with Crippen molar-refractivity contribution in [1.29, 1.82) is 5.26 Å². The van der Waals surface area contributed by atoms with Crippen molar-refractivity contribution >= 4 is 39.6 Å². The van der Waals surface area contributed by atoms with Crippen LogP contribution < -0.4 is 10.6 Å². The molecular weight excluding hydrogens is 557 g/mol. The van der Waals surface area contributed by atoms with E-state index < -0.39 is 23.6 Å². The Hall–Kier alpha value is -4.73. The lowest BCUT2D eigenvalue weighted by atomic mass is 10.0. The minimum atomic E-state index is -1.24. The molecule has 13 heteroatoms. The molecule has 5 aromatic rings. The molecule has 0 amide bonds. The molecule has 4 heterocycles. The summed E-state index contributed by atoms with van der Waals surface area (Å²) in [4.78, 5) is 7.89. The van der Waals surface area contributed by atoms with E-state index in [0.29, 0.717) is 46.1 Å². The normalized spacial score (nSPS) is 14.7. The Bertz CT molecular complexity index is 1820. The summed E-state index contributed by atoms with van der Waals surface area (Å²) in [5.74, 6) is -2.78. The average molecular weight is 577 g/mol. The summed E-state index contributed by atoms with van der Waals surface area (Å²) >= 11 is 6.53. The molecule has 1 saturated heterocycles. The highest BCUT2D eigenvalue weighted by atomic mass is 35.5. The Morgan fingerprint density at radius 1 is 1.10 bits per heavy atom. The minimum absolute atomic E-state index is 0.122. The molecule has 1 atom stereocenters. The van der Waals surface area contributed by atoms with E-state index in [1.54, 1.807) is 35.1 Å². The topological polar surface area (TPSA) is 114 Å². The number of nitrogens with one attached hydrogen (secondary N) is 2. The van der Waals surface area contributed by atoms with Gasteiger partial charge in [-0.25, -0.2) is 18.4 Å². The molecule has 9 nitrogen and oxygen atoms in total. The van der Waals surface area contributed by atoms with Crippen LogP contribution in [-0.2, 0) is 10.3 Å². The molecule has 0 aliphatic carbocycles. The number of nitriles is 1. The fraction of sp³-hybridized carbons (Fsp3) is 0.179. The van der Waals surface area contributed by atoms with Gasteiger partial charge in [0.15, 0.2) is 5.82 Å². The predicted octanol–water partition coefficient (Wildman–Crippen LogP) is 5.85. The molecule has 0 saturated carbocycles. The van der Waals surface area contributed by atoms with E-state index in [2.05, 4.69) is 37.0 Å². The number of nitrogens with zero attached hydrogens (tertiary/aromatic N) is 6. The number of anilines is 3. The summed E-state index contributed by atoms with van der Waals surface area (Å²) in [6, 6.07) is 11.6. The predicted molar refractivity (Wildman–Crippen MR) is 145 cm³/mol. The Morgan fingerprint density at radius 3 is 2.56 bits per heavy atom. The fourth-order valence-corrected chi connectivity index (χ4v) is 4.79. The van der Waals surface area contributed by atoms with Crippen LogP contribution in [-0.4, -0.2) is 38.2 Å². The lowest BCUT2D eigenvalue weighted by molar-refractivity contribution is -0.0965. The van der Waals surface area contributed by atoms with Crippen LogP contribution in [0.4, 0.5) is 30.2 Å². The molecule has 0 radical (unpaired) electrons. The summed E-state index contributed by atoms with van der Waals surface area (Å²) in [5.41, 5.74) is 2.36. The molecule has 206 valence electrons. The van der Waals surface area contributed by atoms with Crippen LogP contribution in [0.25, 0.3) is 10.9 Å². The van der Waals surface area contributed by atoms with Gasteiger partial charge in [-0.15, -0.1) is 5.10 Å². The number of fused-ring (bicyclic) bond motifs is 1. The second-order valence-corrected chi connectivity index (χ2v) is 10.3. The van der Waals surface area contributed by atoms with E-state index in [1.807, 2.05) is 6.92 Å². The summed E-state index contributed by atoms with van der Waals surface area (Å²) in [5, 5.41) is 25.6. The van der Waals surface area contributed by atoms with Gasteiger partial charge in [0.25, 0.3) is 0 Å². The van der Waals surface area contributed by atoms with Gasteiger partial charge in [-0.3, -0.25) is 4.98 Å². The zero-order valence-electron chi connectivity index (χ0n) is 21.4. The maximum absolute atomic E-state index is 13.9. The number of benzene rings is 2. The van der Waals surface area contributed by atoms with Crippen LogP contribution in [0.15, 0.2) is 61.1 Å². The molecule has 6 rings (SSSR count). The Labute approximate surface area is 236 Å². The highest BCUT2D eigenvalue weighted by Gasteiger charge is 2.37. The number of aromatic nitrogens is 5. The second-order valence-electron chi connectivity index (χ2n) is 9.84. The fourth-order valence-electron chi connectivity index (χ4n) is 4.57. The van der Waals surface area contributed by atoms with Crippen molar-refractivity contribution in [3.8, 4) is 6.07 Å². The van der Waals surface area contributed by atoms with Crippen molar-refractivity contribution in [2.24, 2.45) is 0 Å². The van der Waals surface area contributed by atoms with Crippen molar-refractivity contribution in [2.45, 2.75) is 18.5 Å². The summed E-state index contributed by atoms with van der Waals surface area (Å²) in [7, 11) is 0. The first-order valence-electron chi connectivity index (χ1n) is 12.4. The van der Waals surface area contributed by atoms with Crippen molar-refractivity contribution in [3.63, 3.8) is 0 Å². The zero-order valence-corrected chi connectivity index (χ0v) is 22.1. The van der Waals surface area contributed by atoms with E-state index in [1.165, 1.54) is 18.3 Å². The largest absolute Gasteiger partial charge is 0.376 e. The van der Waals surface area contributed by atoms with Crippen LogP contribution in [0.2, 0.25) is 5.02 Å². The Balaban J connectivity index is 1.45. The quantitative estimate of drug-likeness (QED) is 0.232. The Morgan fingerprint density at radius 2 is 1.88 bits per heavy atom. The van der Waals surface area contributed by atoms with Gasteiger partial charge in [-0.1, -0.05) is 28.9 Å². The van der Waals surface area contributed by atoms with Gasteiger partial charge in [0.2, 0.25) is 5.95 Å². The molecule has 1 aliphatic heterocycles. The van der Waals surface area contributed by atoms with Crippen LogP contribution in [0, 0.1) is 28.9 Å². The summed E-state index contributed by atoms with van der Waals surface area (Å²) in [6.45, 7) is 3.00. The molecule has 3 aromatic heterocycles. The van der Waals surface area contributed by atoms with Gasteiger partial charge < -0.3 is 15.4 Å². The van der Waals surface area contributed by atoms with Gasteiger partial charge in [0.1, 0.15) is 23.1 Å². The average Bonchev–Trinajstić information content (AvgIpc) is 3.43. The molecular formula is C28H20ClF3N8O. The number of pyridine rings is 2. The smallest absolute Gasteiger partial charge is 0.249 e. The maximum atomic E-state index is 13.9. The highest BCUT2D eigenvalue weighted by Crippen LogP contribution is 2.37. The molecule has 0 unspecified atom stereocenters. The van der Waals surface area contributed by atoms with Crippen molar-refractivity contribution < 1.29 is 17.9 Å². The monoisotopic (exact) mass is 576 g/mol. The molecule has 1 aliphatic rings. The number of halogens is 4. The van der Waals surface area contributed by atoms with Gasteiger partial charge in [-0.05, 0) is 36.8 Å². The molecule has 1 fully saturated rings. The van der Waals surface area contributed by atoms with Crippen LogP contribution >= 0.6 is 11.6 Å². The Kier molecular flexibility index (Phi) is 6.69. The second kappa shape index (κ2) is 10.3. The molecule has 0 bridgehead atoms. The van der Waals surface area contributed by atoms with Crippen LogP contribution in [0.3, 0.4) is 0 Å². The first kappa shape index (κ1) is 26.5. The third kappa shape index (κ3) is 5.01. The van der Waals surface area contributed by atoms with E-state index in [0.717, 1.165) is 12.3 Å². The number of ether oxygens (including phenoxy) is 1. The first-order chi connectivity index (χ1) is 19.7. The van der Waals surface area contributed by atoms with Gasteiger partial charge >= 0.3 is 0 Å². The van der Waals surface area contributed by atoms with Gasteiger partial charge in [0.05, 0.1) is 59.8 Å². The third-order valence-electron chi connectivity index (χ3n) is 6.81. The number of rotatable bonds is 7. The highest BCUT2D eigenvalue weighted by molar-refractivity contribution is 6.32. The van der Waals surface area contributed by atoms with E-state index in [9.17, 15) is 18.4 Å². The van der Waals surface area contributed by atoms with E-state index in [4.69, 9.17) is 16.3 Å². The van der Waals surface area contributed by atoms with Gasteiger partial charge in [-0.2, -0.15) is 9.65 Å². The van der Waals surface area contributed by atoms with E-state index >= 15 is 0 Å². The van der Waals surface area contributed by atoms with Gasteiger partial charge in [0, 0.05) is 22.7 Å². The number of hydrogen-bond donors (Lipinski definition) is 2. The van der Waals surface area contributed by atoms with E-state index in [-0.39, 0.29) is 22.5 Å². The standard InChI is InChI=1S/C28H20ClF3N8O/c1-28(13-41-14-28)40-12-23(38-39-40)25(15-2-4-18(30)5-3-15)37-22-7-17(29)6-20-24(16(9-33)10-34-26(20)22)36-19-8-21(31)27(32)35-11-19/h2-8,10-12,25,37H,13-14H2,1H3,(H,34,36)/t25-/m0/s1. The minimum Gasteiger partial charge on any atom is -0.376 e. The zero-order chi connectivity index (χ0) is 28.7. The van der Waals surface area contributed by atoms with Crippen molar-refractivity contribution in [2.75, 3.05) is 23.8 Å². The number of hydrogen-bond acceptors (Lipinski definition) is 8. The maximum Gasteiger partial charge on any atom is 0.249 e. The molecule has 41 heavy (non-hydrogen) atoms. The third-order valence-corrected chi connectivity index (χ3v) is 7.03.